The number of benzene rings is 3. The van der Waals surface area contributed by atoms with Gasteiger partial charge in [0.1, 0.15) is 0 Å². The normalized spacial score (nSPS) is 11.4. The summed E-state index contributed by atoms with van der Waals surface area (Å²) in [6, 6.07) is 22.4. The first-order chi connectivity index (χ1) is 17.3. The summed E-state index contributed by atoms with van der Waals surface area (Å²) in [5.74, 6) is -2.11. The molecule has 4 aromatic rings. The highest BCUT2D eigenvalue weighted by molar-refractivity contribution is 6.01. The number of furan rings is 1. The zero-order valence-corrected chi connectivity index (χ0v) is 19.1. The lowest BCUT2D eigenvalue weighted by Crippen LogP contribution is -2.41. The van der Waals surface area contributed by atoms with Crippen LogP contribution in [0.25, 0.3) is 11.1 Å². The molecule has 10 nitrogen and oxygen atoms in total. The van der Waals surface area contributed by atoms with E-state index in [1.54, 1.807) is 6.07 Å². The number of nitro groups is 1. The summed E-state index contributed by atoms with van der Waals surface area (Å²) >= 11 is 0. The Morgan fingerprint density at radius 2 is 1.64 bits per heavy atom. The smallest absolute Gasteiger partial charge is 0.311 e. The predicted molar refractivity (Wildman–Crippen MR) is 132 cm³/mol. The molecule has 0 aliphatic carbocycles. The van der Waals surface area contributed by atoms with Gasteiger partial charge in [0.05, 0.1) is 11.2 Å². The van der Waals surface area contributed by atoms with E-state index in [0.717, 1.165) is 28.9 Å². The highest BCUT2D eigenvalue weighted by atomic mass is 16.6. The Morgan fingerprint density at radius 1 is 0.944 bits per heavy atom. The number of rotatable bonds is 7. The van der Waals surface area contributed by atoms with Crippen LogP contribution in [0, 0.1) is 10.1 Å². The molecule has 0 saturated heterocycles. The summed E-state index contributed by atoms with van der Waals surface area (Å²) in [5, 5.41) is 23.9. The summed E-state index contributed by atoms with van der Waals surface area (Å²) in [5.41, 5.74) is 6.98. The second-order valence-corrected chi connectivity index (χ2v) is 7.89. The number of hydrogen-bond acceptors (Lipinski definition) is 7. The third-order valence-corrected chi connectivity index (χ3v) is 5.47. The molecule has 1 atom stereocenters. The third-order valence-electron chi connectivity index (χ3n) is 5.47. The van der Waals surface area contributed by atoms with Gasteiger partial charge in [-0.15, -0.1) is 0 Å². The lowest BCUT2D eigenvalue weighted by atomic mass is 10.0. The number of nitrogens with one attached hydrogen (secondary N) is 3. The van der Waals surface area contributed by atoms with E-state index in [1.807, 2.05) is 54.6 Å². The molecule has 4 rings (SSSR count). The van der Waals surface area contributed by atoms with Gasteiger partial charge in [-0.25, -0.2) is 0 Å². The van der Waals surface area contributed by atoms with Crippen LogP contribution in [0.4, 0.5) is 11.4 Å². The van der Waals surface area contributed by atoms with E-state index in [4.69, 9.17) is 4.42 Å². The van der Waals surface area contributed by atoms with Crippen molar-refractivity contribution in [2.45, 2.75) is 13.0 Å². The molecular weight excluding hydrogens is 464 g/mol. The van der Waals surface area contributed by atoms with Gasteiger partial charge in [0, 0.05) is 28.9 Å². The zero-order chi connectivity index (χ0) is 25.7. The van der Waals surface area contributed by atoms with Gasteiger partial charge in [0.2, 0.25) is 5.76 Å². The minimum absolute atomic E-state index is 0.0228. The Bertz CT molecular complexity index is 1400. The number of hydrogen-bond donors (Lipinski definition) is 4. The van der Waals surface area contributed by atoms with E-state index in [0.29, 0.717) is 5.56 Å². The van der Waals surface area contributed by atoms with Crippen molar-refractivity contribution in [3.05, 3.63) is 112 Å². The quantitative estimate of drug-likeness (QED) is 0.216. The number of phenols is 1. The minimum Gasteiger partial charge on any atom is -0.502 e. The average Bonchev–Trinajstić information content (AvgIpc) is 3.38. The highest BCUT2D eigenvalue weighted by Gasteiger charge is 2.20. The first-order valence-corrected chi connectivity index (χ1v) is 10.9. The summed E-state index contributed by atoms with van der Waals surface area (Å²) in [4.78, 5) is 35.1. The molecule has 0 saturated carbocycles. The number of nitro benzene ring substituents is 1. The SMILES string of the molecule is C[C@H](Nc1ccc(-c2ccoc2C(=O)NNC(=O)c2ccc(O)c([N+](=O)[O-])c2)cc1)c1ccccc1. The first-order valence-electron chi connectivity index (χ1n) is 10.9. The summed E-state index contributed by atoms with van der Waals surface area (Å²) in [6.07, 6.45) is 1.36. The maximum Gasteiger partial charge on any atom is 0.311 e. The first kappa shape index (κ1) is 24.0. The van der Waals surface area contributed by atoms with Gasteiger partial charge in [-0.05, 0) is 48.4 Å². The van der Waals surface area contributed by atoms with Crippen LogP contribution in [0.3, 0.4) is 0 Å². The zero-order valence-electron chi connectivity index (χ0n) is 19.1. The second kappa shape index (κ2) is 10.4. The van der Waals surface area contributed by atoms with Crippen LogP contribution in [-0.2, 0) is 0 Å². The van der Waals surface area contributed by atoms with Crippen LogP contribution >= 0.6 is 0 Å². The topological polar surface area (TPSA) is 147 Å². The van der Waals surface area contributed by atoms with Crippen molar-refractivity contribution in [3.63, 3.8) is 0 Å². The maximum atomic E-state index is 12.7. The Morgan fingerprint density at radius 3 is 2.33 bits per heavy atom. The lowest BCUT2D eigenvalue weighted by Gasteiger charge is -2.16. The Labute approximate surface area is 205 Å². The van der Waals surface area contributed by atoms with Crippen molar-refractivity contribution >= 4 is 23.2 Å². The number of hydrazine groups is 1. The molecule has 0 aliphatic heterocycles. The largest absolute Gasteiger partial charge is 0.502 e. The fourth-order valence-electron chi connectivity index (χ4n) is 3.59. The summed E-state index contributed by atoms with van der Waals surface area (Å²) in [7, 11) is 0. The number of carbonyl (C=O) groups excluding carboxylic acids is 2. The van der Waals surface area contributed by atoms with Crippen molar-refractivity contribution in [1.82, 2.24) is 10.9 Å². The fraction of sp³-hybridized carbons (Fsp3) is 0.0769. The van der Waals surface area contributed by atoms with E-state index in [2.05, 4.69) is 23.1 Å². The molecule has 1 aromatic heterocycles. The van der Waals surface area contributed by atoms with Crippen molar-refractivity contribution in [3.8, 4) is 16.9 Å². The number of nitrogens with zero attached hydrogens (tertiary/aromatic N) is 1. The molecule has 4 N–H and O–H groups in total. The van der Waals surface area contributed by atoms with Crippen molar-refractivity contribution in [2.24, 2.45) is 0 Å². The molecule has 182 valence electrons. The standard InChI is InChI=1S/C26H22N4O6/c1-16(17-5-3-2-4-6-17)27-20-10-7-18(8-11-20)21-13-14-36-24(21)26(33)29-28-25(32)19-9-12-23(31)22(15-19)30(34)35/h2-16,27,31H,1H3,(H,28,32)(H,29,33)/t16-/m0/s1. The molecule has 0 spiro atoms. The van der Waals surface area contributed by atoms with E-state index in [-0.39, 0.29) is 17.4 Å². The number of carbonyl (C=O) groups is 2. The van der Waals surface area contributed by atoms with Gasteiger partial charge in [-0.2, -0.15) is 0 Å². The average molecular weight is 486 g/mol. The summed E-state index contributed by atoms with van der Waals surface area (Å²) in [6.45, 7) is 2.06. The van der Waals surface area contributed by atoms with Crippen LogP contribution in [0.1, 0.15) is 39.4 Å². The molecular formula is C26H22N4O6. The van der Waals surface area contributed by atoms with Gasteiger partial charge in [-0.3, -0.25) is 30.6 Å². The Kier molecular flexibility index (Phi) is 6.96. The summed E-state index contributed by atoms with van der Waals surface area (Å²) < 4.78 is 5.34. The molecule has 2 amide bonds. The van der Waals surface area contributed by atoms with E-state index >= 15 is 0 Å². The molecule has 0 fully saturated rings. The van der Waals surface area contributed by atoms with Crippen molar-refractivity contribution in [2.75, 3.05) is 5.32 Å². The van der Waals surface area contributed by atoms with E-state index in [9.17, 15) is 24.8 Å². The third kappa shape index (κ3) is 5.33. The van der Waals surface area contributed by atoms with E-state index in [1.165, 1.54) is 12.3 Å². The van der Waals surface area contributed by atoms with Crippen LogP contribution in [0.15, 0.2) is 89.5 Å². The lowest BCUT2D eigenvalue weighted by molar-refractivity contribution is -0.385. The molecule has 0 unspecified atom stereocenters. The molecule has 10 heteroatoms. The Hall–Kier alpha value is -5.12. The van der Waals surface area contributed by atoms with Crippen LogP contribution < -0.4 is 16.2 Å². The fourth-order valence-corrected chi connectivity index (χ4v) is 3.59. The van der Waals surface area contributed by atoms with Crippen LogP contribution in [-0.4, -0.2) is 21.8 Å². The second-order valence-electron chi connectivity index (χ2n) is 7.89. The maximum absolute atomic E-state index is 12.7. The number of anilines is 1. The molecule has 0 bridgehead atoms. The minimum atomic E-state index is -0.817. The van der Waals surface area contributed by atoms with E-state index < -0.39 is 28.2 Å². The highest BCUT2D eigenvalue weighted by Crippen LogP contribution is 2.28. The van der Waals surface area contributed by atoms with Crippen LogP contribution in [0.2, 0.25) is 0 Å². The van der Waals surface area contributed by atoms with Gasteiger partial charge in [0.25, 0.3) is 5.91 Å². The Balaban J connectivity index is 1.41. The van der Waals surface area contributed by atoms with Crippen molar-refractivity contribution in [1.29, 1.82) is 0 Å². The van der Waals surface area contributed by atoms with Gasteiger partial charge >= 0.3 is 11.6 Å². The van der Waals surface area contributed by atoms with Gasteiger partial charge in [0.15, 0.2) is 5.75 Å². The molecule has 0 aliphatic rings. The number of amides is 2. The molecule has 0 radical (unpaired) electrons. The predicted octanol–water partition coefficient (Wildman–Crippen LogP) is 4.81. The number of aromatic hydroxyl groups is 1. The molecule has 3 aromatic carbocycles. The van der Waals surface area contributed by atoms with Crippen molar-refractivity contribution < 1.29 is 24.0 Å². The van der Waals surface area contributed by atoms with Gasteiger partial charge < -0.3 is 14.8 Å². The van der Waals surface area contributed by atoms with Gasteiger partial charge in [-0.1, -0.05) is 42.5 Å². The molecule has 36 heavy (non-hydrogen) atoms. The monoisotopic (exact) mass is 486 g/mol. The molecule has 1 heterocycles. The van der Waals surface area contributed by atoms with Crippen LogP contribution in [0.5, 0.6) is 5.75 Å². The number of phenolic OH excluding ortho intramolecular Hbond substituents is 1.